The van der Waals surface area contributed by atoms with E-state index in [4.69, 9.17) is 15.0 Å². The Morgan fingerprint density at radius 1 is 0.889 bits per heavy atom. The first-order valence-corrected chi connectivity index (χ1v) is 12.4. The fourth-order valence-corrected chi connectivity index (χ4v) is 4.83. The lowest BCUT2D eigenvalue weighted by Gasteiger charge is -2.28. The normalized spacial score (nSPS) is 13.2. The number of benzene rings is 2. The van der Waals surface area contributed by atoms with E-state index in [9.17, 15) is 5.26 Å². The minimum Gasteiger partial charge on any atom is -0.378 e. The zero-order valence-corrected chi connectivity index (χ0v) is 20.4. The number of morpholine rings is 1. The van der Waals surface area contributed by atoms with Gasteiger partial charge in [0.15, 0.2) is 11.4 Å². The van der Waals surface area contributed by atoms with Crippen LogP contribution in [0, 0.1) is 22.7 Å². The van der Waals surface area contributed by atoms with E-state index < -0.39 is 0 Å². The third-order valence-electron chi connectivity index (χ3n) is 5.90. The molecule has 1 aliphatic rings. The summed E-state index contributed by atoms with van der Waals surface area (Å²) in [7, 11) is 0. The molecular weight excluding hydrogens is 470 g/mol. The van der Waals surface area contributed by atoms with Crippen molar-refractivity contribution in [1.29, 1.82) is 10.5 Å². The molecule has 0 unspecified atom stereocenters. The Morgan fingerprint density at radius 2 is 1.64 bits per heavy atom. The molecule has 0 radical (unpaired) electrons. The first-order valence-electron chi connectivity index (χ1n) is 11.6. The lowest BCUT2D eigenvalue weighted by atomic mass is 10.1. The number of nitrogens with zero attached hydrogens (tertiary/aromatic N) is 7. The van der Waals surface area contributed by atoms with Crippen LogP contribution in [0.15, 0.2) is 77.0 Å². The van der Waals surface area contributed by atoms with E-state index in [1.165, 1.54) is 17.6 Å². The number of aromatic nitrogens is 4. The lowest BCUT2D eigenvalue weighted by molar-refractivity contribution is 0.122. The lowest BCUT2D eigenvalue weighted by Crippen LogP contribution is -2.36. The molecule has 1 fully saturated rings. The summed E-state index contributed by atoms with van der Waals surface area (Å²) in [6.45, 7) is 3.88. The van der Waals surface area contributed by atoms with Gasteiger partial charge in [-0.15, -0.1) is 0 Å². The van der Waals surface area contributed by atoms with Crippen LogP contribution in [0.25, 0.3) is 0 Å². The summed E-state index contributed by atoms with van der Waals surface area (Å²) in [6.07, 6.45) is 4.00. The van der Waals surface area contributed by atoms with Crippen molar-refractivity contribution in [2.24, 2.45) is 0 Å². The number of hydrogen-bond acceptors (Lipinski definition) is 8. The van der Waals surface area contributed by atoms with E-state index in [1.807, 2.05) is 36.4 Å². The number of hydrogen-bond donors (Lipinski definition) is 0. The molecule has 8 nitrogen and oxygen atoms in total. The van der Waals surface area contributed by atoms with Gasteiger partial charge in [-0.3, -0.25) is 0 Å². The van der Waals surface area contributed by atoms with Crippen LogP contribution < -0.4 is 4.90 Å². The quantitative estimate of drug-likeness (QED) is 0.355. The van der Waals surface area contributed by atoms with E-state index in [1.54, 1.807) is 22.5 Å². The molecule has 4 aromatic rings. The molecule has 3 heterocycles. The van der Waals surface area contributed by atoms with Crippen LogP contribution in [0.4, 0.5) is 5.69 Å². The Morgan fingerprint density at radius 3 is 2.36 bits per heavy atom. The maximum Gasteiger partial charge on any atom is 0.176 e. The average Bonchev–Trinajstić information content (AvgIpc) is 3.32. The molecule has 1 aliphatic heterocycles. The van der Waals surface area contributed by atoms with Crippen LogP contribution in [0.5, 0.6) is 0 Å². The van der Waals surface area contributed by atoms with Gasteiger partial charge < -0.3 is 14.2 Å². The monoisotopic (exact) mass is 493 g/mol. The van der Waals surface area contributed by atoms with Gasteiger partial charge in [0.05, 0.1) is 19.5 Å². The van der Waals surface area contributed by atoms with Gasteiger partial charge in [0.2, 0.25) is 0 Å². The van der Waals surface area contributed by atoms with Gasteiger partial charge in [-0.25, -0.2) is 15.0 Å². The fraction of sp³-hybridized carbons (Fsp3) is 0.222. The third kappa shape index (κ3) is 5.55. The second-order valence-corrected chi connectivity index (χ2v) is 9.39. The zero-order valence-electron chi connectivity index (χ0n) is 19.5. The van der Waals surface area contributed by atoms with Gasteiger partial charge in [-0.2, -0.15) is 10.5 Å². The Balaban J connectivity index is 1.21. The summed E-state index contributed by atoms with van der Waals surface area (Å²) in [5.41, 5.74) is 3.84. The van der Waals surface area contributed by atoms with Crippen molar-refractivity contribution >= 4 is 17.4 Å². The van der Waals surface area contributed by atoms with Gasteiger partial charge in [-0.05, 0) is 41.5 Å². The van der Waals surface area contributed by atoms with E-state index in [-0.39, 0.29) is 11.4 Å². The van der Waals surface area contributed by atoms with Crippen LogP contribution in [-0.2, 0) is 17.7 Å². The maximum atomic E-state index is 9.30. The molecule has 9 heteroatoms. The number of nitriles is 2. The fourth-order valence-electron chi connectivity index (χ4n) is 4.03. The van der Waals surface area contributed by atoms with Crippen molar-refractivity contribution in [3.8, 4) is 12.1 Å². The zero-order chi connectivity index (χ0) is 24.7. The predicted octanol–water partition coefficient (Wildman–Crippen LogP) is 4.04. The number of ether oxygens (including phenoxy) is 1. The summed E-state index contributed by atoms with van der Waals surface area (Å²) in [5, 5.41) is 19.3. The number of rotatable bonds is 7. The molecule has 178 valence electrons. The van der Waals surface area contributed by atoms with E-state index >= 15 is 0 Å². The Kier molecular flexibility index (Phi) is 7.23. The maximum absolute atomic E-state index is 9.30. The summed E-state index contributed by atoms with van der Waals surface area (Å²) in [5.74, 6) is 0.785. The van der Waals surface area contributed by atoms with E-state index in [0.717, 1.165) is 47.6 Å². The van der Waals surface area contributed by atoms with E-state index in [0.29, 0.717) is 13.0 Å². The SMILES string of the molecule is N#Cc1ncn(Cc2ccc(Sc3ccnc(Cc4ccc(N5CCOCC5)cc4)n3)cc2)c1C#N. The molecule has 2 aromatic carbocycles. The molecule has 0 bridgehead atoms. The highest BCUT2D eigenvalue weighted by molar-refractivity contribution is 7.99. The molecule has 1 saturated heterocycles. The molecule has 2 aromatic heterocycles. The van der Waals surface area contributed by atoms with Crippen LogP contribution in [-0.4, -0.2) is 45.8 Å². The van der Waals surface area contributed by atoms with Crippen molar-refractivity contribution in [2.45, 2.75) is 22.9 Å². The van der Waals surface area contributed by atoms with Gasteiger partial charge >= 0.3 is 0 Å². The van der Waals surface area contributed by atoms with Gasteiger partial charge in [0, 0.05) is 42.8 Å². The third-order valence-corrected chi connectivity index (χ3v) is 6.85. The van der Waals surface area contributed by atoms with Gasteiger partial charge in [0.25, 0.3) is 0 Å². The molecular formula is C27H23N7OS. The minimum atomic E-state index is 0.150. The van der Waals surface area contributed by atoms with Crippen molar-refractivity contribution in [1.82, 2.24) is 19.5 Å². The molecule has 5 rings (SSSR count). The van der Waals surface area contributed by atoms with Crippen molar-refractivity contribution in [3.63, 3.8) is 0 Å². The first kappa shape index (κ1) is 23.6. The number of anilines is 1. The Labute approximate surface area is 213 Å². The second-order valence-electron chi connectivity index (χ2n) is 8.29. The molecule has 36 heavy (non-hydrogen) atoms. The second kappa shape index (κ2) is 11.0. The minimum absolute atomic E-state index is 0.150. The first-order chi connectivity index (χ1) is 17.7. The number of imidazole rings is 1. The van der Waals surface area contributed by atoms with Crippen LogP contribution in [0.3, 0.4) is 0 Å². The summed E-state index contributed by atoms with van der Waals surface area (Å²) in [6, 6.07) is 22.6. The van der Waals surface area contributed by atoms with Gasteiger partial charge in [0.1, 0.15) is 23.0 Å². The largest absolute Gasteiger partial charge is 0.378 e. The Hall–Kier alpha value is -4.18. The molecule has 0 atom stereocenters. The predicted molar refractivity (Wildman–Crippen MR) is 136 cm³/mol. The smallest absolute Gasteiger partial charge is 0.176 e. The molecule has 0 amide bonds. The summed E-state index contributed by atoms with van der Waals surface area (Å²) >= 11 is 1.58. The summed E-state index contributed by atoms with van der Waals surface area (Å²) in [4.78, 5) is 16.6. The highest BCUT2D eigenvalue weighted by Gasteiger charge is 2.12. The van der Waals surface area contributed by atoms with Crippen molar-refractivity contribution in [2.75, 3.05) is 31.2 Å². The van der Waals surface area contributed by atoms with Crippen molar-refractivity contribution in [3.05, 3.63) is 95.5 Å². The van der Waals surface area contributed by atoms with E-state index in [2.05, 4.69) is 45.2 Å². The van der Waals surface area contributed by atoms with Crippen LogP contribution in [0.2, 0.25) is 0 Å². The van der Waals surface area contributed by atoms with Crippen LogP contribution >= 0.6 is 11.8 Å². The highest BCUT2D eigenvalue weighted by atomic mass is 32.2. The van der Waals surface area contributed by atoms with Crippen LogP contribution in [0.1, 0.15) is 28.3 Å². The molecule has 0 saturated carbocycles. The molecule has 0 aliphatic carbocycles. The standard InChI is InChI=1S/C27H23N7OS/c28-16-24-25(17-29)34(19-31-24)18-21-3-7-23(8-4-21)36-27-9-10-30-26(32-27)15-20-1-5-22(6-2-20)33-11-13-35-14-12-33/h1-10,19H,11-15,18H2. The van der Waals surface area contributed by atoms with Crippen molar-refractivity contribution < 1.29 is 4.74 Å². The Bertz CT molecular complexity index is 1410. The molecule has 0 N–H and O–H groups in total. The highest BCUT2D eigenvalue weighted by Crippen LogP contribution is 2.27. The van der Waals surface area contributed by atoms with Gasteiger partial charge in [-0.1, -0.05) is 36.0 Å². The topological polar surface area (TPSA) is 104 Å². The molecule has 0 spiro atoms. The average molecular weight is 494 g/mol. The summed E-state index contributed by atoms with van der Waals surface area (Å²) < 4.78 is 7.12.